The van der Waals surface area contributed by atoms with E-state index in [9.17, 15) is 36.6 Å². The van der Waals surface area contributed by atoms with Gasteiger partial charge in [0.15, 0.2) is 0 Å². The van der Waals surface area contributed by atoms with Crippen LogP contribution in [0.4, 0.5) is 11.4 Å². The van der Waals surface area contributed by atoms with Crippen molar-refractivity contribution in [2.24, 2.45) is 0 Å². The van der Waals surface area contributed by atoms with Crippen LogP contribution in [0.3, 0.4) is 0 Å². The predicted octanol–water partition coefficient (Wildman–Crippen LogP) is 3.05. The van der Waals surface area contributed by atoms with Gasteiger partial charge >= 0.3 is 11.9 Å². The number of hydrogen-bond acceptors (Lipinski definition) is 9. The molecule has 0 aliphatic carbocycles. The molecule has 42 heavy (non-hydrogen) atoms. The molecule has 13 nitrogen and oxygen atoms in total. The second kappa shape index (κ2) is 13.4. The lowest BCUT2D eigenvalue weighted by atomic mass is 10.2. The number of aliphatic carboxylic acids is 2. The molecule has 0 fully saturated rings. The topological polar surface area (TPSA) is 177 Å². The molecule has 0 aromatic heterocycles. The average molecular weight is 623 g/mol. The fraction of sp³-hybridized carbons (Fsp3) is 0.259. The number of methoxy groups -OCH3 is 2. The lowest BCUT2D eigenvalue weighted by molar-refractivity contribution is -0.136. The third-order valence-electron chi connectivity index (χ3n) is 5.81. The highest BCUT2D eigenvalue weighted by molar-refractivity contribution is 7.93. The molecule has 0 atom stereocenters. The van der Waals surface area contributed by atoms with Crippen LogP contribution in [0.15, 0.2) is 76.5 Å². The normalized spacial score (nSPS) is 11.4. The van der Waals surface area contributed by atoms with Crippen LogP contribution in [-0.2, 0) is 29.6 Å². The smallest absolute Gasteiger partial charge is 0.324 e. The van der Waals surface area contributed by atoms with Gasteiger partial charge in [-0.25, -0.2) is 16.8 Å². The van der Waals surface area contributed by atoms with Gasteiger partial charge in [-0.3, -0.25) is 18.2 Å². The third-order valence-corrected chi connectivity index (χ3v) is 9.38. The Labute approximate surface area is 243 Å². The van der Waals surface area contributed by atoms with E-state index in [-0.39, 0.29) is 33.5 Å². The summed E-state index contributed by atoms with van der Waals surface area (Å²) in [6.45, 7) is -0.120. The number of sulfonamides is 2. The van der Waals surface area contributed by atoms with E-state index in [1.54, 1.807) is 6.92 Å². The van der Waals surface area contributed by atoms with Gasteiger partial charge in [0.05, 0.1) is 42.0 Å². The van der Waals surface area contributed by atoms with Crippen LogP contribution < -0.4 is 22.8 Å². The Morgan fingerprint density at radius 2 is 1.17 bits per heavy atom. The molecule has 226 valence electrons. The summed E-state index contributed by atoms with van der Waals surface area (Å²) in [7, 11) is -6.10. The van der Waals surface area contributed by atoms with Crippen molar-refractivity contribution in [3.05, 3.63) is 66.7 Å². The van der Waals surface area contributed by atoms with Gasteiger partial charge in [0.2, 0.25) is 0 Å². The SMILES string of the molecule is CCCOc1cc(N(CC(=O)O)S(=O)(=O)c2ccc(OC)cc2)ccc1N(CC(=O)O)S(=O)(=O)c1ccc(OC)cc1. The molecular formula is C27H30N2O11S2. The van der Waals surface area contributed by atoms with E-state index in [1.165, 1.54) is 74.9 Å². The number of ether oxygens (including phenoxy) is 3. The zero-order valence-electron chi connectivity index (χ0n) is 23.0. The molecular weight excluding hydrogens is 592 g/mol. The van der Waals surface area contributed by atoms with Gasteiger partial charge in [-0.05, 0) is 67.1 Å². The van der Waals surface area contributed by atoms with E-state index >= 15 is 0 Å². The molecule has 3 rings (SSSR count). The Morgan fingerprint density at radius 3 is 1.60 bits per heavy atom. The van der Waals surface area contributed by atoms with Gasteiger partial charge in [0, 0.05) is 6.07 Å². The maximum absolute atomic E-state index is 13.6. The van der Waals surface area contributed by atoms with Crippen molar-refractivity contribution in [1.29, 1.82) is 0 Å². The summed E-state index contributed by atoms with van der Waals surface area (Å²) in [6.07, 6.45) is 0.469. The van der Waals surface area contributed by atoms with Crippen molar-refractivity contribution >= 4 is 43.4 Å². The monoisotopic (exact) mass is 622 g/mol. The van der Waals surface area contributed by atoms with Crippen LogP contribution in [0, 0.1) is 0 Å². The first-order chi connectivity index (χ1) is 19.8. The Morgan fingerprint density at radius 1 is 0.714 bits per heavy atom. The largest absolute Gasteiger partial charge is 0.497 e. The number of carbonyl (C=O) groups is 2. The van der Waals surface area contributed by atoms with Crippen LogP contribution in [-0.4, -0.2) is 72.9 Å². The van der Waals surface area contributed by atoms with E-state index in [0.717, 1.165) is 6.07 Å². The summed E-state index contributed by atoms with van der Waals surface area (Å²) >= 11 is 0. The first-order valence-corrected chi connectivity index (χ1v) is 15.3. The summed E-state index contributed by atoms with van der Waals surface area (Å²) in [4.78, 5) is 23.1. The number of rotatable bonds is 15. The first kappa shape index (κ1) is 32.0. The van der Waals surface area contributed by atoms with E-state index in [4.69, 9.17) is 14.2 Å². The molecule has 0 spiro atoms. The Hall–Kier alpha value is -4.50. The minimum atomic E-state index is -4.47. The quantitative estimate of drug-likeness (QED) is 0.255. The molecule has 3 aromatic carbocycles. The molecule has 0 radical (unpaired) electrons. The van der Waals surface area contributed by atoms with Gasteiger partial charge < -0.3 is 24.4 Å². The number of hydrogen-bond donors (Lipinski definition) is 2. The third kappa shape index (κ3) is 7.22. The minimum Gasteiger partial charge on any atom is -0.497 e. The maximum atomic E-state index is 13.6. The van der Waals surface area contributed by atoms with Crippen molar-refractivity contribution in [3.8, 4) is 17.2 Å². The predicted molar refractivity (Wildman–Crippen MR) is 153 cm³/mol. The molecule has 0 unspecified atom stereocenters. The Kier molecular flexibility index (Phi) is 10.2. The van der Waals surface area contributed by atoms with Crippen LogP contribution in [0.25, 0.3) is 0 Å². The highest BCUT2D eigenvalue weighted by Crippen LogP contribution is 2.38. The summed E-state index contributed by atoms with van der Waals surface area (Å²) in [5.74, 6) is -2.33. The average Bonchev–Trinajstić information content (AvgIpc) is 2.97. The number of carboxylic acids is 2. The van der Waals surface area contributed by atoms with E-state index in [0.29, 0.717) is 26.5 Å². The zero-order chi connectivity index (χ0) is 31.1. The van der Waals surface area contributed by atoms with Crippen LogP contribution in [0.5, 0.6) is 17.2 Å². The van der Waals surface area contributed by atoms with Gasteiger partial charge in [-0.1, -0.05) is 6.92 Å². The molecule has 2 N–H and O–H groups in total. The Bertz CT molecular complexity index is 1620. The maximum Gasteiger partial charge on any atom is 0.324 e. The highest BCUT2D eigenvalue weighted by Gasteiger charge is 2.32. The van der Waals surface area contributed by atoms with Gasteiger partial charge in [-0.15, -0.1) is 0 Å². The second-order valence-corrected chi connectivity index (χ2v) is 12.4. The molecule has 0 saturated carbocycles. The minimum absolute atomic E-state index is 0.0596. The van der Waals surface area contributed by atoms with Crippen LogP contribution in [0.1, 0.15) is 13.3 Å². The van der Waals surface area contributed by atoms with Gasteiger partial charge in [0.25, 0.3) is 20.0 Å². The number of nitrogens with zero attached hydrogens (tertiary/aromatic N) is 2. The lowest BCUT2D eigenvalue weighted by Crippen LogP contribution is -2.37. The van der Waals surface area contributed by atoms with Crippen molar-refractivity contribution in [3.63, 3.8) is 0 Å². The van der Waals surface area contributed by atoms with E-state index in [1.807, 2.05) is 0 Å². The summed E-state index contributed by atoms with van der Waals surface area (Å²) < 4.78 is 71.5. The number of benzene rings is 3. The lowest BCUT2D eigenvalue weighted by Gasteiger charge is -2.27. The molecule has 15 heteroatoms. The fourth-order valence-corrected chi connectivity index (χ4v) is 6.63. The molecule has 0 aliphatic rings. The fourth-order valence-electron chi connectivity index (χ4n) is 3.80. The van der Waals surface area contributed by atoms with Crippen molar-refractivity contribution in [2.75, 3.05) is 42.5 Å². The van der Waals surface area contributed by atoms with Crippen LogP contribution >= 0.6 is 0 Å². The second-order valence-electron chi connectivity index (χ2n) is 8.66. The van der Waals surface area contributed by atoms with Crippen molar-refractivity contribution in [2.45, 2.75) is 23.1 Å². The molecule has 0 amide bonds. The summed E-state index contributed by atoms with van der Waals surface area (Å²) in [5.41, 5.74) is -0.345. The standard InChI is InChI=1S/C27H30N2O11S2/c1-4-15-40-25-16-19(28(17-26(30)31)41(34,35)22-10-6-20(38-2)7-11-22)5-14-24(25)29(18-27(32)33)42(36,37)23-12-8-21(39-3)9-13-23/h5-14,16H,4,15,17-18H2,1-3H3,(H,30,31)(H,32,33). The van der Waals surface area contributed by atoms with E-state index in [2.05, 4.69) is 0 Å². The van der Waals surface area contributed by atoms with Gasteiger partial charge in [-0.2, -0.15) is 0 Å². The molecule has 0 saturated heterocycles. The molecule has 3 aromatic rings. The first-order valence-electron chi connectivity index (χ1n) is 12.4. The highest BCUT2D eigenvalue weighted by atomic mass is 32.2. The summed E-state index contributed by atoms with van der Waals surface area (Å²) in [5, 5.41) is 19.1. The van der Waals surface area contributed by atoms with Gasteiger partial charge in [0.1, 0.15) is 30.3 Å². The molecule has 0 bridgehead atoms. The molecule has 0 heterocycles. The van der Waals surface area contributed by atoms with E-state index < -0.39 is 45.1 Å². The van der Waals surface area contributed by atoms with Crippen molar-refractivity contribution < 1.29 is 50.8 Å². The zero-order valence-corrected chi connectivity index (χ0v) is 24.6. The number of anilines is 2. The van der Waals surface area contributed by atoms with Crippen molar-refractivity contribution in [1.82, 2.24) is 0 Å². The summed E-state index contributed by atoms with van der Waals surface area (Å²) in [6, 6.07) is 14.1. The van der Waals surface area contributed by atoms with Crippen LogP contribution in [0.2, 0.25) is 0 Å². The Balaban J connectivity index is 2.19. The molecule has 0 aliphatic heterocycles. The number of carboxylic acid groups (broad SMARTS) is 2.